The van der Waals surface area contributed by atoms with E-state index in [4.69, 9.17) is 4.74 Å². The Balaban J connectivity index is 1.69. The summed E-state index contributed by atoms with van der Waals surface area (Å²) in [5.74, 6) is 1.18. The second kappa shape index (κ2) is 5.88. The molecule has 2 aromatic carbocycles. The van der Waals surface area contributed by atoms with Crippen LogP contribution in [0.15, 0.2) is 53.3 Å². The summed E-state index contributed by atoms with van der Waals surface area (Å²) < 4.78 is 9.51. The number of nitrogens with zero attached hydrogens (tertiary/aromatic N) is 2. The lowest BCUT2D eigenvalue weighted by Crippen LogP contribution is -2.35. The van der Waals surface area contributed by atoms with E-state index in [1.165, 1.54) is 5.69 Å². The minimum atomic E-state index is 0.0480. The van der Waals surface area contributed by atoms with Crippen LogP contribution in [0.3, 0.4) is 0 Å². The number of ether oxygens (including phenoxy) is 1. The average molecular weight is 389 g/mol. The summed E-state index contributed by atoms with van der Waals surface area (Å²) in [6, 6.07) is 16.2. The maximum absolute atomic E-state index is 13.6. The zero-order valence-electron chi connectivity index (χ0n) is 17.8. The first kappa shape index (κ1) is 18.3. The SMILES string of the molecule is COc1ccccc1-c1cccc(-n2c(=O)c3c(n2C)C2(C)CCC3C2(C)C)c1. The Kier molecular flexibility index (Phi) is 3.71. The fourth-order valence-corrected chi connectivity index (χ4v) is 6.00. The van der Waals surface area contributed by atoms with Crippen LogP contribution in [0.2, 0.25) is 0 Å². The lowest BCUT2D eigenvalue weighted by atomic mass is 9.70. The molecule has 0 spiro atoms. The molecule has 1 saturated carbocycles. The molecule has 4 nitrogen and oxygen atoms in total. The summed E-state index contributed by atoms with van der Waals surface area (Å²) in [5.41, 5.74) is 5.56. The molecule has 0 N–H and O–H groups in total. The van der Waals surface area contributed by atoms with Crippen molar-refractivity contribution in [2.75, 3.05) is 7.11 Å². The van der Waals surface area contributed by atoms with Gasteiger partial charge in [-0.3, -0.25) is 9.48 Å². The van der Waals surface area contributed by atoms with Crippen molar-refractivity contribution in [3.63, 3.8) is 0 Å². The van der Waals surface area contributed by atoms with Crippen molar-refractivity contribution in [1.82, 2.24) is 9.36 Å². The Morgan fingerprint density at radius 2 is 1.83 bits per heavy atom. The minimum Gasteiger partial charge on any atom is -0.496 e. The van der Waals surface area contributed by atoms with Gasteiger partial charge in [0.05, 0.1) is 18.5 Å². The van der Waals surface area contributed by atoms with Gasteiger partial charge in [-0.1, -0.05) is 51.1 Å². The summed E-state index contributed by atoms with van der Waals surface area (Å²) in [5, 5.41) is 0. The van der Waals surface area contributed by atoms with Gasteiger partial charge >= 0.3 is 0 Å². The number of aromatic nitrogens is 2. The number of benzene rings is 2. The predicted octanol–water partition coefficient (Wildman–Crippen LogP) is 5.03. The van der Waals surface area contributed by atoms with Gasteiger partial charge in [0.25, 0.3) is 5.56 Å². The van der Waals surface area contributed by atoms with Gasteiger partial charge in [0, 0.05) is 23.6 Å². The molecule has 2 aliphatic carbocycles. The molecular formula is C25H28N2O2. The number of fused-ring (bicyclic) bond motifs is 5. The Morgan fingerprint density at radius 1 is 1.07 bits per heavy atom. The molecule has 0 saturated heterocycles. The Morgan fingerprint density at radius 3 is 2.55 bits per heavy atom. The highest BCUT2D eigenvalue weighted by Gasteiger charge is 2.62. The summed E-state index contributed by atoms with van der Waals surface area (Å²) in [7, 11) is 3.73. The van der Waals surface area contributed by atoms with E-state index in [9.17, 15) is 4.79 Å². The van der Waals surface area contributed by atoms with Crippen molar-refractivity contribution in [3.05, 3.63) is 70.1 Å². The van der Waals surface area contributed by atoms with E-state index in [0.717, 1.165) is 41.0 Å². The average Bonchev–Trinajstić information content (AvgIpc) is 3.19. The molecule has 4 heteroatoms. The summed E-state index contributed by atoms with van der Waals surface area (Å²) >= 11 is 0. The second-order valence-corrected chi connectivity index (χ2v) is 9.30. The van der Waals surface area contributed by atoms with Crippen LogP contribution in [0.4, 0.5) is 0 Å². The number of rotatable bonds is 3. The standard InChI is InChI=1S/C25H28N2O2/c1-24(2)19-13-14-25(24,3)22-21(19)23(28)27(26(22)4)17-10-8-9-16(15-17)18-11-6-7-12-20(18)29-5/h6-12,15,19H,13-14H2,1-5H3. The van der Waals surface area contributed by atoms with Crippen LogP contribution < -0.4 is 10.3 Å². The summed E-state index contributed by atoms with van der Waals surface area (Å²) in [4.78, 5) is 13.6. The van der Waals surface area contributed by atoms with Gasteiger partial charge in [-0.25, -0.2) is 4.68 Å². The number of hydrogen-bond donors (Lipinski definition) is 0. The van der Waals surface area contributed by atoms with E-state index < -0.39 is 0 Å². The fourth-order valence-electron chi connectivity index (χ4n) is 6.00. The maximum atomic E-state index is 13.6. The van der Waals surface area contributed by atoms with E-state index in [-0.39, 0.29) is 16.4 Å². The predicted molar refractivity (Wildman–Crippen MR) is 116 cm³/mol. The normalized spacial score (nSPS) is 24.0. The van der Waals surface area contributed by atoms with Crippen LogP contribution in [-0.2, 0) is 12.5 Å². The first-order chi connectivity index (χ1) is 13.8. The van der Waals surface area contributed by atoms with E-state index in [0.29, 0.717) is 5.92 Å². The van der Waals surface area contributed by atoms with Crippen molar-refractivity contribution >= 4 is 0 Å². The van der Waals surface area contributed by atoms with Crippen LogP contribution >= 0.6 is 0 Å². The van der Waals surface area contributed by atoms with Crippen LogP contribution in [-0.4, -0.2) is 16.5 Å². The van der Waals surface area contributed by atoms with Crippen molar-refractivity contribution in [3.8, 4) is 22.6 Å². The van der Waals surface area contributed by atoms with Crippen LogP contribution in [0.5, 0.6) is 5.75 Å². The molecule has 2 atom stereocenters. The molecule has 29 heavy (non-hydrogen) atoms. The van der Waals surface area contributed by atoms with Crippen LogP contribution in [0, 0.1) is 5.41 Å². The zero-order chi connectivity index (χ0) is 20.6. The topological polar surface area (TPSA) is 36.2 Å². The Bertz CT molecular complexity index is 1180. The van der Waals surface area contributed by atoms with Crippen molar-refractivity contribution in [2.24, 2.45) is 12.5 Å². The quantitative estimate of drug-likeness (QED) is 0.631. The first-order valence-electron chi connectivity index (χ1n) is 10.4. The molecule has 5 rings (SSSR count). The number of hydrogen-bond acceptors (Lipinski definition) is 2. The van der Waals surface area contributed by atoms with E-state index in [1.807, 2.05) is 42.1 Å². The smallest absolute Gasteiger partial charge is 0.275 e. The molecule has 3 aromatic rings. The van der Waals surface area contributed by atoms with E-state index in [1.54, 1.807) is 7.11 Å². The maximum Gasteiger partial charge on any atom is 0.275 e. The molecule has 0 amide bonds. The molecule has 2 aliphatic rings. The van der Waals surface area contributed by atoms with Gasteiger partial charge < -0.3 is 4.74 Å². The highest BCUT2D eigenvalue weighted by atomic mass is 16.5. The summed E-state index contributed by atoms with van der Waals surface area (Å²) in [6.07, 6.45) is 2.26. The van der Waals surface area contributed by atoms with Gasteiger partial charge in [-0.05, 0) is 47.9 Å². The van der Waals surface area contributed by atoms with Gasteiger partial charge in [0.15, 0.2) is 0 Å². The molecule has 0 radical (unpaired) electrons. The van der Waals surface area contributed by atoms with Gasteiger partial charge in [-0.15, -0.1) is 0 Å². The first-order valence-corrected chi connectivity index (χ1v) is 10.4. The molecule has 150 valence electrons. The third kappa shape index (κ3) is 2.17. The van der Waals surface area contributed by atoms with Crippen molar-refractivity contribution in [2.45, 2.75) is 44.9 Å². The monoisotopic (exact) mass is 388 g/mol. The van der Waals surface area contributed by atoms with Crippen LogP contribution in [0.25, 0.3) is 16.8 Å². The van der Waals surface area contributed by atoms with E-state index >= 15 is 0 Å². The minimum absolute atomic E-state index is 0.0480. The molecule has 1 heterocycles. The number of para-hydroxylation sites is 1. The number of methoxy groups -OCH3 is 1. The molecule has 0 aliphatic heterocycles. The van der Waals surface area contributed by atoms with Gasteiger partial charge in [-0.2, -0.15) is 0 Å². The highest BCUT2D eigenvalue weighted by Crippen LogP contribution is 2.66. The van der Waals surface area contributed by atoms with Crippen LogP contribution in [0.1, 0.15) is 50.8 Å². The fraction of sp³-hybridized carbons (Fsp3) is 0.400. The van der Waals surface area contributed by atoms with Gasteiger partial charge in [0.2, 0.25) is 0 Å². The molecule has 1 fully saturated rings. The third-order valence-electron chi connectivity index (χ3n) is 7.91. The largest absolute Gasteiger partial charge is 0.496 e. The Hall–Kier alpha value is -2.75. The van der Waals surface area contributed by atoms with Gasteiger partial charge in [0.1, 0.15) is 5.75 Å². The van der Waals surface area contributed by atoms with Crippen molar-refractivity contribution in [1.29, 1.82) is 0 Å². The van der Waals surface area contributed by atoms with E-state index in [2.05, 4.69) is 43.7 Å². The molecule has 1 aromatic heterocycles. The second-order valence-electron chi connectivity index (χ2n) is 9.30. The lowest BCUT2D eigenvalue weighted by molar-refractivity contribution is 0.218. The zero-order valence-corrected chi connectivity index (χ0v) is 17.8. The highest BCUT2D eigenvalue weighted by molar-refractivity contribution is 5.72. The molecule has 2 bridgehead atoms. The lowest BCUT2D eigenvalue weighted by Gasteiger charge is -2.36. The summed E-state index contributed by atoms with van der Waals surface area (Å²) in [6.45, 7) is 7.00. The third-order valence-corrected chi connectivity index (χ3v) is 7.91. The molecule has 2 unspecified atom stereocenters. The van der Waals surface area contributed by atoms with Crippen molar-refractivity contribution < 1.29 is 4.74 Å². The molecular weight excluding hydrogens is 360 g/mol. The Labute approximate surface area is 171 Å².